The third-order valence-corrected chi connectivity index (χ3v) is 9.96. The summed E-state index contributed by atoms with van der Waals surface area (Å²) in [5.74, 6) is -0.464. The summed E-state index contributed by atoms with van der Waals surface area (Å²) in [7, 11) is 0. The number of ketones is 2. The monoisotopic (exact) mass is 527 g/mol. The number of furan rings is 1. The number of benzene rings is 3. The van der Waals surface area contributed by atoms with E-state index < -0.39 is 0 Å². The van der Waals surface area contributed by atoms with E-state index in [0.29, 0.717) is 16.7 Å². The molecular formula is C34H25NO3S. The highest BCUT2D eigenvalue weighted by Crippen LogP contribution is 2.61. The van der Waals surface area contributed by atoms with Gasteiger partial charge in [0, 0.05) is 32.2 Å². The third kappa shape index (κ3) is 2.78. The number of carbonyl (C=O) groups excluding carboxylic acids is 2. The van der Waals surface area contributed by atoms with Gasteiger partial charge in [0.25, 0.3) is 0 Å². The van der Waals surface area contributed by atoms with Crippen molar-refractivity contribution in [2.24, 2.45) is 0 Å². The molecule has 0 N–H and O–H groups in total. The third-order valence-electron chi connectivity index (χ3n) is 8.89. The van der Waals surface area contributed by atoms with Crippen molar-refractivity contribution >= 4 is 56.3 Å². The lowest BCUT2D eigenvalue weighted by Gasteiger charge is -2.48. The average Bonchev–Trinajstić information content (AvgIpc) is 3.62. The minimum absolute atomic E-state index is 0.137. The van der Waals surface area contributed by atoms with Crippen LogP contribution in [0.4, 0.5) is 16.4 Å². The van der Waals surface area contributed by atoms with Crippen molar-refractivity contribution in [2.75, 3.05) is 4.90 Å². The van der Waals surface area contributed by atoms with E-state index in [1.807, 2.05) is 6.07 Å². The van der Waals surface area contributed by atoms with Crippen LogP contribution in [0, 0.1) is 0 Å². The first-order chi connectivity index (χ1) is 18.7. The number of nitrogens with zero attached hydrogens (tertiary/aromatic N) is 1. The minimum Gasteiger partial charge on any atom is -0.464 e. The number of anilines is 3. The predicted molar refractivity (Wildman–Crippen MR) is 156 cm³/mol. The fourth-order valence-corrected chi connectivity index (χ4v) is 8.03. The molecule has 0 spiro atoms. The van der Waals surface area contributed by atoms with Gasteiger partial charge in [-0.2, -0.15) is 0 Å². The van der Waals surface area contributed by atoms with Gasteiger partial charge >= 0.3 is 0 Å². The van der Waals surface area contributed by atoms with E-state index in [1.165, 1.54) is 33.6 Å². The molecule has 0 radical (unpaired) electrons. The van der Waals surface area contributed by atoms with E-state index in [9.17, 15) is 9.59 Å². The highest BCUT2D eigenvalue weighted by atomic mass is 32.1. The van der Waals surface area contributed by atoms with Gasteiger partial charge in [0.05, 0.1) is 23.2 Å². The van der Waals surface area contributed by atoms with Crippen LogP contribution in [0.5, 0.6) is 0 Å². The van der Waals surface area contributed by atoms with Gasteiger partial charge in [-0.25, -0.2) is 0 Å². The molecule has 3 aliphatic rings. The summed E-state index contributed by atoms with van der Waals surface area (Å²) in [6.45, 7) is 9.15. The van der Waals surface area contributed by atoms with Crippen LogP contribution >= 0.6 is 11.3 Å². The Kier molecular flexibility index (Phi) is 4.22. The summed E-state index contributed by atoms with van der Waals surface area (Å²) in [5.41, 5.74) is 8.84. The number of fused-ring (bicyclic) bond motifs is 6. The highest BCUT2D eigenvalue weighted by Gasteiger charge is 2.46. The fourth-order valence-electron chi connectivity index (χ4n) is 6.75. The Bertz CT molecular complexity index is 1910. The van der Waals surface area contributed by atoms with Crippen LogP contribution in [0.25, 0.3) is 17.0 Å². The predicted octanol–water partition coefficient (Wildman–Crippen LogP) is 8.71. The van der Waals surface area contributed by atoms with Crippen molar-refractivity contribution in [1.82, 2.24) is 0 Å². The van der Waals surface area contributed by atoms with E-state index >= 15 is 0 Å². The summed E-state index contributed by atoms with van der Waals surface area (Å²) in [5, 5.41) is 1.97. The normalized spacial score (nSPS) is 18.8. The Balaban J connectivity index is 1.32. The Hall–Kier alpha value is -4.22. The van der Waals surface area contributed by atoms with E-state index in [4.69, 9.17) is 4.42 Å². The first kappa shape index (κ1) is 22.7. The quantitative estimate of drug-likeness (QED) is 0.162. The maximum absolute atomic E-state index is 13.4. The number of para-hydroxylation sites is 2. The van der Waals surface area contributed by atoms with E-state index in [0.717, 1.165) is 15.3 Å². The second-order valence-electron chi connectivity index (χ2n) is 11.7. The van der Waals surface area contributed by atoms with Gasteiger partial charge in [-0.15, -0.1) is 11.3 Å². The van der Waals surface area contributed by atoms with E-state index in [2.05, 4.69) is 81.1 Å². The van der Waals surface area contributed by atoms with Gasteiger partial charge in [-0.1, -0.05) is 64.1 Å². The molecule has 190 valence electrons. The molecule has 3 aromatic carbocycles. The van der Waals surface area contributed by atoms with Crippen LogP contribution in [-0.4, -0.2) is 11.6 Å². The first-order valence-electron chi connectivity index (χ1n) is 13.2. The first-order valence-corrected chi connectivity index (χ1v) is 14.0. The van der Waals surface area contributed by atoms with Crippen LogP contribution in [0.15, 0.2) is 83.0 Å². The molecule has 2 aliphatic heterocycles. The van der Waals surface area contributed by atoms with Crippen LogP contribution in [0.3, 0.4) is 0 Å². The number of allylic oxidation sites excluding steroid dienone is 1. The zero-order chi connectivity index (χ0) is 26.8. The number of carbonyl (C=O) groups is 2. The van der Waals surface area contributed by atoms with Crippen molar-refractivity contribution in [3.63, 3.8) is 0 Å². The molecule has 5 aromatic rings. The van der Waals surface area contributed by atoms with Crippen molar-refractivity contribution in [1.29, 1.82) is 0 Å². The van der Waals surface area contributed by atoms with Gasteiger partial charge in [0.1, 0.15) is 10.6 Å². The summed E-state index contributed by atoms with van der Waals surface area (Å²) in [6.07, 6.45) is 3.36. The molecule has 0 saturated heterocycles. The van der Waals surface area contributed by atoms with Crippen LogP contribution in [-0.2, 0) is 10.8 Å². The molecule has 0 unspecified atom stereocenters. The molecular weight excluding hydrogens is 502 g/mol. The lowest BCUT2D eigenvalue weighted by molar-refractivity contribution is 0.0990. The average molecular weight is 528 g/mol. The zero-order valence-electron chi connectivity index (χ0n) is 22.1. The molecule has 2 aromatic heterocycles. The molecule has 1 aliphatic carbocycles. The van der Waals surface area contributed by atoms with Gasteiger partial charge < -0.3 is 9.32 Å². The van der Waals surface area contributed by atoms with E-state index in [1.54, 1.807) is 35.8 Å². The molecule has 0 saturated carbocycles. The Morgan fingerprint density at radius 1 is 0.769 bits per heavy atom. The molecule has 0 amide bonds. The van der Waals surface area contributed by atoms with Gasteiger partial charge in [-0.3, -0.25) is 9.59 Å². The van der Waals surface area contributed by atoms with E-state index in [-0.39, 0.29) is 28.0 Å². The van der Waals surface area contributed by atoms with Crippen molar-refractivity contribution < 1.29 is 14.0 Å². The lowest BCUT2D eigenvalue weighted by Crippen LogP contribution is -2.37. The number of thiophene rings is 1. The Morgan fingerprint density at radius 3 is 2.21 bits per heavy atom. The second-order valence-corrected chi connectivity index (χ2v) is 12.8. The molecule has 4 heterocycles. The van der Waals surface area contributed by atoms with Gasteiger partial charge in [0.15, 0.2) is 11.6 Å². The minimum atomic E-state index is -0.246. The molecule has 0 fully saturated rings. The number of rotatable bonds is 1. The molecule has 0 atom stereocenters. The lowest BCUT2D eigenvalue weighted by atomic mass is 9.67. The van der Waals surface area contributed by atoms with Crippen molar-refractivity contribution in [3.05, 3.63) is 117 Å². The van der Waals surface area contributed by atoms with Crippen molar-refractivity contribution in [3.8, 4) is 0 Å². The molecule has 4 nitrogen and oxygen atoms in total. The van der Waals surface area contributed by atoms with Crippen LogP contribution < -0.4 is 4.90 Å². The Labute approximate surface area is 230 Å². The summed E-state index contributed by atoms with van der Waals surface area (Å²) < 4.78 is 5.49. The summed E-state index contributed by atoms with van der Waals surface area (Å²) >= 11 is 1.64. The second kappa shape index (κ2) is 7.25. The Morgan fingerprint density at radius 2 is 1.44 bits per heavy atom. The maximum atomic E-state index is 13.4. The highest BCUT2D eigenvalue weighted by molar-refractivity contribution is 7.17. The number of hydrogen-bond donors (Lipinski definition) is 0. The van der Waals surface area contributed by atoms with Crippen LogP contribution in [0.2, 0.25) is 0 Å². The molecule has 8 rings (SSSR count). The standard InChI is InChI=1S/C34H25NO3S/c1-33(2)23-8-5-6-11-27(23)35-29-24(33)9-7-10-25(29)34(3,4)26-16-19(39-32(26)35)15-22-30(36)20-14-18-12-13-38-28(18)17-21(20)31(22)37/h5-17H,1-4H3/b22-15-. The molecule has 0 bridgehead atoms. The van der Waals surface area contributed by atoms with Gasteiger partial charge in [-0.05, 0) is 58.7 Å². The largest absolute Gasteiger partial charge is 0.464 e. The SMILES string of the molecule is CC1(C)c2ccccc2N2c3sc(/C=C4/C(=O)c5cc6ccoc6cc5C4=O)cc3C(C)(C)c3cccc1c32. The maximum Gasteiger partial charge on any atom is 0.197 e. The number of hydrogen-bond acceptors (Lipinski definition) is 5. The topological polar surface area (TPSA) is 50.5 Å². The zero-order valence-corrected chi connectivity index (χ0v) is 22.9. The molecule has 5 heteroatoms. The molecule has 39 heavy (non-hydrogen) atoms. The van der Waals surface area contributed by atoms with Crippen molar-refractivity contribution in [2.45, 2.75) is 38.5 Å². The smallest absolute Gasteiger partial charge is 0.197 e. The van der Waals surface area contributed by atoms with Crippen LogP contribution in [0.1, 0.15) is 75.5 Å². The number of Topliss-reactive ketones (excluding diaryl/α,β-unsaturated/α-hetero) is 2. The fraction of sp³-hybridized carbons (Fsp3) is 0.176. The summed E-state index contributed by atoms with van der Waals surface area (Å²) in [4.78, 5) is 30.1. The summed E-state index contributed by atoms with van der Waals surface area (Å²) in [6, 6.07) is 22.7. The van der Waals surface area contributed by atoms with Gasteiger partial charge in [0.2, 0.25) is 0 Å².